The van der Waals surface area contributed by atoms with E-state index in [-0.39, 0.29) is 16.5 Å². The van der Waals surface area contributed by atoms with E-state index in [1.54, 1.807) is 0 Å². The summed E-state index contributed by atoms with van der Waals surface area (Å²) in [6, 6.07) is 7.14. The Morgan fingerprint density at radius 3 is 2.67 bits per heavy atom. The number of nitrogens with zero attached hydrogens (tertiary/aromatic N) is 1. The molecule has 2 heterocycles. The number of fused-ring (bicyclic) bond motifs is 1. The molecule has 0 atom stereocenters. The highest BCUT2D eigenvalue weighted by atomic mass is 32.2. The van der Waals surface area contributed by atoms with E-state index < -0.39 is 10.0 Å². The lowest BCUT2D eigenvalue weighted by atomic mass is 10.3. The van der Waals surface area contributed by atoms with Crippen LogP contribution in [0.5, 0.6) is 17.2 Å². The van der Waals surface area contributed by atoms with Crippen molar-refractivity contribution in [2.45, 2.75) is 4.90 Å². The molecule has 0 saturated heterocycles. The Kier molecular flexibility index (Phi) is 3.30. The van der Waals surface area contributed by atoms with Crippen molar-refractivity contribution in [3.05, 3.63) is 36.5 Å². The zero-order chi connectivity index (χ0) is 14.9. The van der Waals surface area contributed by atoms with Gasteiger partial charge in [-0.1, -0.05) is 0 Å². The molecule has 3 rings (SSSR count). The van der Waals surface area contributed by atoms with E-state index in [0.717, 1.165) is 0 Å². The average molecular weight is 308 g/mol. The highest BCUT2D eigenvalue weighted by molar-refractivity contribution is 7.92. The summed E-state index contributed by atoms with van der Waals surface area (Å²) < 4.78 is 37.5. The second-order valence-electron chi connectivity index (χ2n) is 4.28. The molecule has 110 valence electrons. The molecule has 0 aliphatic carbocycles. The van der Waals surface area contributed by atoms with Gasteiger partial charge in [0.2, 0.25) is 0 Å². The Labute approximate surface area is 121 Å². The average Bonchev–Trinajstić information content (AvgIpc) is 2.49. The predicted octanol–water partition coefficient (Wildman–Crippen LogP) is 1.36. The molecule has 8 heteroatoms. The molecule has 1 aromatic heterocycles. The maximum absolute atomic E-state index is 12.3. The number of ether oxygens (including phenoxy) is 2. The molecule has 1 aliphatic rings. The molecule has 0 saturated carbocycles. The molecule has 21 heavy (non-hydrogen) atoms. The summed E-state index contributed by atoms with van der Waals surface area (Å²) in [5.74, 6) is 0.487. The SMILES string of the molecule is O=S(=O)(Nc1ncccc1O)c1ccc2c(c1)OCCO2. The van der Waals surface area contributed by atoms with Crippen LogP contribution in [0.4, 0.5) is 5.82 Å². The van der Waals surface area contributed by atoms with Crippen molar-refractivity contribution < 1.29 is 23.0 Å². The number of aromatic hydroxyl groups is 1. The minimum atomic E-state index is -3.88. The predicted molar refractivity (Wildman–Crippen MR) is 74.1 cm³/mol. The largest absolute Gasteiger partial charge is 0.504 e. The zero-order valence-corrected chi connectivity index (χ0v) is 11.6. The minimum absolute atomic E-state index is 0.00296. The summed E-state index contributed by atoms with van der Waals surface area (Å²) in [7, 11) is -3.88. The number of hydrogen-bond acceptors (Lipinski definition) is 6. The van der Waals surface area contributed by atoms with Gasteiger partial charge in [0.15, 0.2) is 23.1 Å². The van der Waals surface area contributed by atoms with Gasteiger partial charge in [-0.3, -0.25) is 4.72 Å². The van der Waals surface area contributed by atoms with Crippen molar-refractivity contribution in [2.24, 2.45) is 0 Å². The van der Waals surface area contributed by atoms with Gasteiger partial charge in [0.05, 0.1) is 4.90 Å². The van der Waals surface area contributed by atoms with Gasteiger partial charge in [0.1, 0.15) is 13.2 Å². The van der Waals surface area contributed by atoms with E-state index in [0.29, 0.717) is 24.7 Å². The lowest BCUT2D eigenvalue weighted by molar-refractivity contribution is 0.171. The molecular weight excluding hydrogens is 296 g/mol. The summed E-state index contributed by atoms with van der Waals surface area (Å²) in [6.45, 7) is 0.796. The Morgan fingerprint density at radius 1 is 1.14 bits per heavy atom. The Morgan fingerprint density at radius 2 is 1.90 bits per heavy atom. The smallest absolute Gasteiger partial charge is 0.263 e. The van der Waals surface area contributed by atoms with Gasteiger partial charge in [0, 0.05) is 12.3 Å². The third-order valence-electron chi connectivity index (χ3n) is 2.84. The molecule has 0 amide bonds. The number of rotatable bonds is 3. The van der Waals surface area contributed by atoms with Crippen LogP contribution in [0.25, 0.3) is 0 Å². The van der Waals surface area contributed by atoms with Crippen molar-refractivity contribution in [1.29, 1.82) is 0 Å². The van der Waals surface area contributed by atoms with E-state index in [1.165, 1.54) is 36.5 Å². The fourth-order valence-corrected chi connectivity index (χ4v) is 2.89. The van der Waals surface area contributed by atoms with Crippen molar-refractivity contribution in [3.8, 4) is 17.2 Å². The molecule has 0 bridgehead atoms. The van der Waals surface area contributed by atoms with E-state index in [9.17, 15) is 13.5 Å². The molecule has 1 aromatic carbocycles. The highest BCUT2D eigenvalue weighted by Gasteiger charge is 2.20. The first kappa shape index (κ1) is 13.5. The first-order valence-electron chi connectivity index (χ1n) is 6.13. The van der Waals surface area contributed by atoms with E-state index in [2.05, 4.69) is 9.71 Å². The topological polar surface area (TPSA) is 97.8 Å². The van der Waals surface area contributed by atoms with Gasteiger partial charge in [-0.25, -0.2) is 13.4 Å². The van der Waals surface area contributed by atoms with Crippen LogP contribution in [0.2, 0.25) is 0 Å². The minimum Gasteiger partial charge on any atom is -0.504 e. The highest BCUT2D eigenvalue weighted by Crippen LogP contribution is 2.33. The van der Waals surface area contributed by atoms with Crippen molar-refractivity contribution in [1.82, 2.24) is 4.98 Å². The third-order valence-corrected chi connectivity index (χ3v) is 4.18. The van der Waals surface area contributed by atoms with E-state index in [1.807, 2.05) is 0 Å². The Bertz CT molecular complexity index is 776. The number of nitrogens with one attached hydrogen (secondary N) is 1. The number of anilines is 1. The van der Waals surface area contributed by atoms with Gasteiger partial charge in [-0.05, 0) is 24.3 Å². The van der Waals surface area contributed by atoms with Gasteiger partial charge < -0.3 is 14.6 Å². The summed E-state index contributed by atoms with van der Waals surface area (Å²) in [6.07, 6.45) is 1.38. The maximum Gasteiger partial charge on any atom is 0.263 e. The van der Waals surface area contributed by atoms with Gasteiger partial charge in [0.25, 0.3) is 10.0 Å². The zero-order valence-electron chi connectivity index (χ0n) is 10.8. The molecule has 0 radical (unpaired) electrons. The van der Waals surface area contributed by atoms with Crippen LogP contribution in [-0.2, 0) is 10.0 Å². The summed E-state index contributed by atoms with van der Waals surface area (Å²) >= 11 is 0. The third kappa shape index (κ3) is 2.70. The molecular formula is C13H12N2O5S. The maximum atomic E-state index is 12.3. The van der Waals surface area contributed by atoms with E-state index >= 15 is 0 Å². The second kappa shape index (κ2) is 5.13. The molecule has 1 aliphatic heterocycles. The second-order valence-corrected chi connectivity index (χ2v) is 5.96. The molecule has 2 aromatic rings. The lowest BCUT2D eigenvalue weighted by Gasteiger charge is -2.19. The monoisotopic (exact) mass is 308 g/mol. The van der Waals surface area contributed by atoms with Crippen molar-refractivity contribution >= 4 is 15.8 Å². The molecule has 0 fully saturated rings. The summed E-state index contributed by atoms with van der Waals surface area (Å²) in [5.41, 5.74) is 0. The summed E-state index contributed by atoms with van der Waals surface area (Å²) in [5, 5.41) is 9.58. The van der Waals surface area contributed by atoms with E-state index in [4.69, 9.17) is 9.47 Å². The molecule has 7 nitrogen and oxygen atoms in total. The molecule has 0 spiro atoms. The normalized spacial score (nSPS) is 13.7. The van der Waals surface area contributed by atoms with Crippen LogP contribution in [-0.4, -0.2) is 31.7 Å². The van der Waals surface area contributed by atoms with Crippen LogP contribution in [0.15, 0.2) is 41.4 Å². The van der Waals surface area contributed by atoms with Gasteiger partial charge in [-0.15, -0.1) is 0 Å². The van der Waals surface area contributed by atoms with Gasteiger partial charge in [-0.2, -0.15) is 0 Å². The molecule has 0 unspecified atom stereocenters. The number of benzene rings is 1. The Balaban J connectivity index is 1.93. The van der Waals surface area contributed by atoms with Crippen LogP contribution < -0.4 is 14.2 Å². The van der Waals surface area contributed by atoms with Crippen molar-refractivity contribution in [2.75, 3.05) is 17.9 Å². The standard InChI is InChI=1S/C13H12N2O5S/c16-10-2-1-5-14-13(10)15-21(17,18)9-3-4-11-12(8-9)20-7-6-19-11/h1-5,8,16H,6-7H2,(H,14,15). The lowest BCUT2D eigenvalue weighted by Crippen LogP contribution is -2.17. The van der Waals surface area contributed by atoms with Crippen LogP contribution in [0.3, 0.4) is 0 Å². The van der Waals surface area contributed by atoms with Crippen LogP contribution in [0.1, 0.15) is 0 Å². The fraction of sp³-hybridized carbons (Fsp3) is 0.154. The van der Waals surface area contributed by atoms with Crippen LogP contribution >= 0.6 is 0 Å². The van der Waals surface area contributed by atoms with Crippen molar-refractivity contribution in [3.63, 3.8) is 0 Å². The number of pyridine rings is 1. The first-order valence-corrected chi connectivity index (χ1v) is 7.61. The Hall–Kier alpha value is -2.48. The number of hydrogen-bond donors (Lipinski definition) is 2. The van der Waals surface area contributed by atoms with Gasteiger partial charge >= 0.3 is 0 Å². The number of aromatic nitrogens is 1. The quantitative estimate of drug-likeness (QED) is 0.888. The van der Waals surface area contributed by atoms with Crippen LogP contribution in [0, 0.1) is 0 Å². The fourth-order valence-electron chi connectivity index (χ4n) is 1.85. The molecule has 2 N–H and O–H groups in total. The summed E-state index contributed by atoms with van der Waals surface area (Å²) in [4.78, 5) is 3.78. The first-order chi connectivity index (χ1) is 10.1. The number of sulfonamides is 1.